The number of para-hydroxylation sites is 1. The van der Waals surface area contributed by atoms with Crippen LogP contribution in [-0.2, 0) is 6.54 Å². The van der Waals surface area contributed by atoms with Crippen molar-refractivity contribution in [1.82, 2.24) is 15.2 Å². The first-order valence-electron chi connectivity index (χ1n) is 10.9. The molecule has 0 bridgehead atoms. The number of likely N-dealkylation sites (tertiary alicyclic amines) is 1. The van der Waals surface area contributed by atoms with Crippen molar-refractivity contribution < 1.29 is 9.53 Å². The Balaban J connectivity index is 1.27. The van der Waals surface area contributed by atoms with Gasteiger partial charge in [0.25, 0.3) is 5.91 Å². The molecule has 1 aromatic heterocycles. The van der Waals surface area contributed by atoms with Gasteiger partial charge in [-0.2, -0.15) is 0 Å². The van der Waals surface area contributed by atoms with Crippen LogP contribution in [0.25, 0.3) is 0 Å². The number of rotatable bonds is 9. The number of carbonyl (C=O) groups is 1. The van der Waals surface area contributed by atoms with E-state index in [0.29, 0.717) is 12.2 Å². The summed E-state index contributed by atoms with van der Waals surface area (Å²) >= 11 is 2.29. The Kier molecular flexibility index (Phi) is 7.95. The Bertz CT molecular complexity index is 1010. The van der Waals surface area contributed by atoms with E-state index < -0.39 is 0 Å². The van der Waals surface area contributed by atoms with E-state index in [1.807, 2.05) is 66.7 Å². The number of carbonyl (C=O) groups excluding carboxylic acids is 1. The quantitative estimate of drug-likeness (QED) is 0.225. The molecule has 4 rings (SSSR count). The second-order valence-corrected chi connectivity index (χ2v) is 9.26. The Morgan fingerprint density at radius 1 is 1.00 bits per heavy atom. The zero-order valence-corrected chi connectivity index (χ0v) is 20.0. The van der Waals surface area contributed by atoms with Gasteiger partial charge in [0.05, 0.1) is 4.05 Å². The van der Waals surface area contributed by atoms with Gasteiger partial charge in [-0.15, -0.1) is 0 Å². The smallest absolute Gasteiger partial charge is 0.270 e. The SMILES string of the molecule is O=C(NCC(I)Nc1ccc(Oc2ccccc2)cc1)c1ncccc1CN1CCCC1. The van der Waals surface area contributed by atoms with E-state index in [1.54, 1.807) is 6.20 Å². The molecule has 2 N–H and O–H groups in total. The third kappa shape index (κ3) is 6.43. The molecule has 1 aliphatic heterocycles. The first kappa shape index (κ1) is 22.5. The third-order valence-corrected chi connectivity index (χ3v) is 6.05. The lowest BCUT2D eigenvalue weighted by Crippen LogP contribution is -2.34. The molecular weight excluding hydrogens is 515 g/mol. The molecule has 1 aliphatic rings. The molecule has 6 nitrogen and oxygen atoms in total. The van der Waals surface area contributed by atoms with Crippen molar-refractivity contribution in [1.29, 1.82) is 0 Å². The van der Waals surface area contributed by atoms with Crippen LogP contribution in [0.15, 0.2) is 72.9 Å². The molecule has 1 unspecified atom stereocenters. The van der Waals surface area contributed by atoms with Crippen molar-refractivity contribution in [2.24, 2.45) is 0 Å². The number of aromatic nitrogens is 1. The van der Waals surface area contributed by atoms with E-state index in [1.165, 1.54) is 12.8 Å². The van der Waals surface area contributed by atoms with Crippen LogP contribution in [0.1, 0.15) is 28.9 Å². The fourth-order valence-corrected chi connectivity index (χ4v) is 4.27. The van der Waals surface area contributed by atoms with Crippen molar-refractivity contribution in [3.05, 3.63) is 84.2 Å². The zero-order valence-electron chi connectivity index (χ0n) is 17.8. The van der Waals surface area contributed by atoms with E-state index in [2.05, 4.69) is 43.1 Å². The van der Waals surface area contributed by atoms with Gasteiger partial charge in [-0.3, -0.25) is 14.7 Å². The Morgan fingerprint density at radius 2 is 1.72 bits per heavy atom. The third-order valence-electron chi connectivity index (χ3n) is 5.30. The lowest BCUT2D eigenvalue weighted by Gasteiger charge is -2.18. The van der Waals surface area contributed by atoms with Gasteiger partial charge in [0.1, 0.15) is 17.2 Å². The summed E-state index contributed by atoms with van der Waals surface area (Å²) in [5, 5.41) is 6.41. The second-order valence-electron chi connectivity index (χ2n) is 7.76. The van der Waals surface area contributed by atoms with Gasteiger partial charge < -0.3 is 15.4 Å². The van der Waals surface area contributed by atoms with Crippen LogP contribution < -0.4 is 15.4 Å². The highest BCUT2D eigenvalue weighted by Gasteiger charge is 2.18. The highest BCUT2D eigenvalue weighted by atomic mass is 127. The molecule has 1 fully saturated rings. The van der Waals surface area contributed by atoms with Crippen molar-refractivity contribution in [3.8, 4) is 11.5 Å². The number of hydrogen-bond donors (Lipinski definition) is 2. The molecule has 0 radical (unpaired) electrons. The molecule has 0 saturated carbocycles. The minimum Gasteiger partial charge on any atom is -0.457 e. The summed E-state index contributed by atoms with van der Waals surface area (Å²) in [4.78, 5) is 19.5. The average molecular weight is 542 g/mol. The lowest BCUT2D eigenvalue weighted by molar-refractivity contribution is 0.0947. The summed E-state index contributed by atoms with van der Waals surface area (Å²) < 4.78 is 5.86. The summed E-state index contributed by atoms with van der Waals surface area (Å²) in [7, 11) is 0. The average Bonchev–Trinajstić information content (AvgIpc) is 3.33. The standard InChI is InChI=1S/C25H27IN4O2/c26-23(29-20-10-12-22(13-11-20)32-21-8-2-1-3-9-21)17-28-25(31)24-19(7-6-14-27-24)18-30-15-4-5-16-30/h1-3,6-14,23,29H,4-5,15-18H2,(H,28,31). The molecule has 166 valence electrons. The van der Waals surface area contributed by atoms with Crippen LogP contribution >= 0.6 is 22.6 Å². The maximum atomic E-state index is 12.8. The molecule has 0 aliphatic carbocycles. The Hall–Kier alpha value is -2.65. The number of nitrogens with one attached hydrogen (secondary N) is 2. The van der Waals surface area contributed by atoms with E-state index in [-0.39, 0.29) is 9.96 Å². The van der Waals surface area contributed by atoms with Crippen LogP contribution in [0.2, 0.25) is 0 Å². The van der Waals surface area contributed by atoms with Crippen LogP contribution in [0.3, 0.4) is 0 Å². The van der Waals surface area contributed by atoms with Gasteiger partial charge in [-0.05, 0) is 74.0 Å². The minimum absolute atomic E-state index is 0.0307. The van der Waals surface area contributed by atoms with Crippen molar-refractivity contribution in [2.75, 3.05) is 25.0 Å². The summed E-state index contributed by atoms with van der Waals surface area (Å²) in [5.41, 5.74) is 2.47. The summed E-state index contributed by atoms with van der Waals surface area (Å²) in [5.74, 6) is 1.46. The highest BCUT2D eigenvalue weighted by Crippen LogP contribution is 2.23. The predicted molar refractivity (Wildman–Crippen MR) is 135 cm³/mol. The number of nitrogens with zero attached hydrogens (tertiary/aromatic N) is 2. The van der Waals surface area contributed by atoms with Crippen LogP contribution in [0.4, 0.5) is 5.69 Å². The summed E-state index contributed by atoms with van der Waals surface area (Å²) in [6.07, 6.45) is 4.13. The topological polar surface area (TPSA) is 66.5 Å². The number of hydrogen-bond acceptors (Lipinski definition) is 5. The first-order chi connectivity index (χ1) is 15.7. The molecule has 1 saturated heterocycles. The number of halogens is 1. The molecule has 3 aromatic rings. The number of benzene rings is 2. The monoisotopic (exact) mass is 542 g/mol. The summed E-state index contributed by atoms with van der Waals surface area (Å²) in [6.45, 7) is 3.44. The Morgan fingerprint density at radius 3 is 2.47 bits per heavy atom. The molecule has 7 heteroatoms. The number of alkyl halides is 1. The van der Waals surface area contributed by atoms with Gasteiger partial charge in [0, 0.05) is 25.0 Å². The predicted octanol–water partition coefficient (Wildman–Crippen LogP) is 5.07. The maximum Gasteiger partial charge on any atom is 0.270 e. The number of amides is 1. The minimum atomic E-state index is -0.130. The van der Waals surface area contributed by atoms with Gasteiger partial charge >= 0.3 is 0 Å². The lowest BCUT2D eigenvalue weighted by atomic mass is 10.1. The van der Waals surface area contributed by atoms with Gasteiger partial charge in [0.2, 0.25) is 0 Å². The largest absolute Gasteiger partial charge is 0.457 e. The molecular formula is C25H27IN4O2. The van der Waals surface area contributed by atoms with Crippen molar-refractivity contribution in [2.45, 2.75) is 23.4 Å². The van der Waals surface area contributed by atoms with Crippen molar-refractivity contribution >= 4 is 34.2 Å². The number of ether oxygens (including phenoxy) is 1. The maximum absolute atomic E-state index is 12.8. The molecule has 1 atom stereocenters. The van der Waals surface area contributed by atoms with E-state index in [0.717, 1.165) is 42.4 Å². The summed E-state index contributed by atoms with van der Waals surface area (Å²) in [6, 6.07) is 21.4. The van der Waals surface area contributed by atoms with E-state index in [9.17, 15) is 4.79 Å². The highest BCUT2D eigenvalue weighted by molar-refractivity contribution is 14.1. The fourth-order valence-electron chi connectivity index (χ4n) is 3.69. The first-order valence-corrected chi connectivity index (χ1v) is 12.1. The van der Waals surface area contributed by atoms with Crippen molar-refractivity contribution in [3.63, 3.8) is 0 Å². The van der Waals surface area contributed by atoms with Gasteiger partial charge in [-0.25, -0.2) is 0 Å². The molecule has 32 heavy (non-hydrogen) atoms. The van der Waals surface area contributed by atoms with Crippen LogP contribution in [-0.4, -0.2) is 39.5 Å². The zero-order chi connectivity index (χ0) is 22.2. The molecule has 2 aromatic carbocycles. The normalized spacial score (nSPS) is 14.7. The molecule has 2 heterocycles. The van der Waals surface area contributed by atoms with Crippen LogP contribution in [0, 0.1) is 0 Å². The second kappa shape index (κ2) is 11.3. The van der Waals surface area contributed by atoms with Gasteiger partial charge in [0.15, 0.2) is 0 Å². The van der Waals surface area contributed by atoms with Gasteiger partial charge in [-0.1, -0.05) is 46.9 Å². The number of anilines is 1. The number of pyridine rings is 1. The van der Waals surface area contributed by atoms with Crippen LogP contribution in [0.5, 0.6) is 11.5 Å². The molecule has 0 spiro atoms. The Labute approximate surface area is 202 Å². The molecule has 1 amide bonds. The van der Waals surface area contributed by atoms with E-state index in [4.69, 9.17) is 4.74 Å². The van der Waals surface area contributed by atoms with E-state index >= 15 is 0 Å². The fraction of sp³-hybridized carbons (Fsp3) is 0.280.